The van der Waals surface area contributed by atoms with E-state index < -0.39 is 9.84 Å². The number of hydrogen-bond acceptors (Lipinski definition) is 6. The fourth-order valence-electron chi connectivity index (χ4n) is 3.03. The van der Waals surface area contributed by atoms with Crippen LogP contribution in [0.3, 0.4) is 0 Å². The molecular formula is C19H21N3O3S2. The molecule has 27 heavy (non-hydrogen) atoms. The number of thiazole rings is 1. The first-order valence-corrected chi connectivity index (χ1v) is 11.3. The molecule has 0 aliphatic carbocycles. The Morgan fingerprint density at radius 3 is 2.78 bits per heavy atom. The fourth-order valence-corrected chi connectivity index (χ4v) is 5.52. The summed E-state index contributed by atoms with van der Waals surface area (Å²) in [5.74, 6) is 2.46. The third kappa shape index (κ3) is 5.16. The first kappa shape index (κ1) is 19.5. The van der Waals surface area contributed by atoms with Crippen molar-refractivity contribution in [3.8, 4) is 23.6 Å². The zero-order chi connectivity index (χ0) is 19.4. The Morgan fingerprint density at radius 2 is 2.15 bits per heavy atom. The predicted octanol–water partition coefficient (Wildman–Crippen LogP) is 2.18. The summed E-state index contributed by atoms with van der Waals surface area (Å²) in [6.45, 7) is 2.30. The molecule has 0 bridgehead atoms. The highest BCUT2D eigenvalue weighted by Gasteiger charge is 2.32. The van der Waals surface area contributed by atoms with E-state index in [1.807, 2.05) is 36.6 Å². The summed E-state index contributed by atoms with van der Waals surface area (Å²) >= 11 is 1.35. The van der Waals surface area contributed by atoms with Gasteiger partial charge >= 0.3 is 0 Å². The summed E-state index contributed by atoms with van der Waals surface area (Å²) in [5.41, 5.74) is 2.96. The zero-order valence-electron chi connectivity index (χ0n) is 15.0. The standard InChI is InChI=1S/C19H21N3O3S2/c1-3-9-22(16-8-10-27(24,25)13-16)11-18(23)21-19-20-17(12-26-19)15-6-4-14(2)5-7-15/h1,4-7,12,16H,8-11,13H2,2H3,(H,20,21,23). The quantitative estimate of drug-likeness (QED) is 0.748. The van der Waals surface area contributed by atoms with Gasteiger partial charge in [0.1, 0.15) is 0 Å². The van der Waals surface area contributed by atoms with Crippen LogP contribution in [0.5, 0.6) is 0 Å². The Balaban J connectivity index is 1.63. The summed E-state index contributed by atoms with van der Waals surface area (Å²) < 4.78 is 23.4. The average Bonchev–Trinajstić information content (AvgIpc) is 3.21. The Hall–Kier alpha value is -2.21. The normalized spacial score (nSPS) is 18.3. The molecule has 1 fully saturated rings. The van der Waals surface area contributed by atoms with Crippen molar-refractivity contribution in [1.29, 1.82) is 0 Å². The summed E-state index contributed by atoms with van der Waals surface area (Å²) in [6, 6.07) is 7.80. The van der Waals surface area contributed by atoms with Crippen molar-refractivity contribution < 1.29 is 13.2 Å². The van der Waals surface area contributed by atoms with Crippen molar-refractivity contribution in [2.45, 2.75) is 19.4 Å². The number of nitrogens with zero attached hydrogens (tertiary/aromatic N) is 2. The number of terminal acetylenes is 1. The molecule has 1 aliphatic rings. The lowest BCUT2D eigenvalue weighted by atomic mass is 10.1. The van der Waals surface area contributed by atoms with Crippen LogP contribution in [-0.4, -0.2) is 54.8 Å². The van der Waals surface area contributed by atoms with E-state index in [0.717, 1.165) is 11.3 Å². The van der Waals surface area contributed by atoms with Crippen LogP contribution in [0, 0.1) is 19.3 Å². The first-order chi connectivity index (χ1) is 12.9. The van der Waals surface area contributed by atoms with Gasteiger partial charge in [-0.25, -0.2) is 13.4 Å². The Labute approximate surface area is 163 Å². The molecule has 1 amide bonds. The van der Waals surface area contributed by atoms with Crippen molar-refractivity contribution >= 4 is 32.2 Å². The second-order valence-electron chi connectivity index (χ2n) is 6.62. The SMILES string of the molecule is C#CCN(CC(=O)Nc1nc(-c2ccc(C)cc2)cs1)C1CCS(=O)(=O)C1. The van der Waals surface area contributed by atoms with Crippen LogP contribution in [0.4, 0.5) is 5.13 Å². The predicted molar refractivity (Wildman–Crippen MR) is 108 cm³/mol. The number of aryl methyl sites for hydroxylation is 1. The molecule has 2 aromatic rings. The molecule has 0 spiro atoms. The van der Waals surface area contributed by atoms with E-state index in [0.29, 0.717) is 11.6 Å². The molecule has 3 rings (SSSR count). The first-order valence-electron chi connectivity index (χ1n) is 8.56. The Kier molecular flexibility index (Phi) is 5.95. The Morgan fingerprint density at radius 1 is 1.41 bits per heavy atom. The van der Waals surface area contributed by atoms with Gasteiger partial charge in [0.25, 0.3) is 0 Å². The monoisotopic (exact) mass is 403 g/mol. The van der Waals surface area contributed by atoms with E-state index >= 15 is 0 Å². The molecule has 142 valence electrons. The minimum atomic E-state index is -3.04. The maximum Gasteiger partial charge on any atom is 0.240 e. The topological polar surface area (TPSA) is 79.4 Å². The number of amides is 1. The molecule has 1 atom stereocenters. The summed E-state index contributed by atoms with van der Waals surface area (Å²) in [4.78, 5) is 18.6. The third-order valence-corrected chi connectivity index (χ3v) is 6.97. The van der Waals surface area contributed by atoms with Crippen LogP contribution in [0.25, 0.3) is 11.3 Å². The van der Waals surface area contributed by atoms with Crippen LogP contribution in [0.2, 0.25) is 0 Å². The molecule has 1 saturated heterocycles. The van der Waals surface area contributed by atoms with Crippen LogP contribution in [0.15, 0.2) is 29.6 Å². The highest BCUT2D eigenvalue weighted by molar-refractivity contribution is 7.91. The third-order valence-electron chi connectivity index (χ3n) is 4.46. The van der Waals surface area contributed by atoms with Gasteiger partial charge in [-0.3, -0.25) is 9.69 Å². The van der Waals surface area contributed by atoms with Crippen molar-refractivity contribution in [2.75, 3.05) is 29.9 Å². The van der Waals surface area contributed by atoms with Gasteiger partial charge in [0.05, 0.1) is 30.3 Å². The summed E-state index contributed by atoms with van der Waals surface area (Å²) in [5, 5.41) is 5.19. The molecule has 2 heterocycles. The van der Waals surface area contributed by atoms with Gasteiger partial charge in [0, 0.05) is 17.0 Å². The van der Waals surface area contributed by atoms with Gasteiger partial charge in [-0.1, -0.05) is 35.7 Å². The molecule has 1 N–H and O–H groups in total. The molecule has 0 saturated carbocycles. The Bertz CT molecular complexity index is 959. The minimum absolute atomic E-state index is 0.0455. The molecule has 1 aromatic heterocycles. The van der Waals surface area contributed by atoms with Crippen molar-refractivity contribution in [1.82, 2.24) is 9.88 Å². The molecule has 1 aromatic carbocycles. The van der Waals surface area contributed by atoms with Gasteiger partial charge in [-0.2, -0.15) is 0 Å². The number of sulfone groups is 1. The van der Waals surface area contributed by atoms with Crippen LogP contribution in [0.1, 0.15) is 12.0 Å². The van der Waals surface area contributed by atoms with E-state index in [2.05, 4.69) is 16.2 Å². The maximum absolute atomic E-state index is 12.4. The molecular weight excluding hydrogens is 382 g/mol. The van der Waals surface area contributed by atoms with Gasteiger partial charge in [-0.05, 0) is 13.3 Å². The lowest BCUT2D eigenvalue weighted by molar-refractivity contribution is -0.117. The van der Waals surface area contributed by atoms with Crippen molar-refractivity contribution in [2.24, 2.45) is 0 Å². The molecule has 1 aliphatic heterocycles. The average molecular weight is 404 g/mol. The van der Waals surface area contributed by atoms with Crippen molar-refractivity contribution in [3.63, 3.8) is 0 Å². The zero-order valence-corrected chi connectivity index (χ0v) is 16.6. The number of anilines is 1. The van der Waals surface area contributed by atoms with E-state index in [-0.39, 0.29) is 36.5 Å². The summed E-state index contributed by atoms with van der Waals surface area (Å²) in [7, 11) is -3.04. The van der Waals surface area contributed by atoms with Gasteiger partial charge in [0.15, 0.2) is 15.0 Å². The largest absolute Gasteiger partial charge is 0.301 e. The van der Waals surface area contributed by atoms with E-state index in [9.17, 15) is 13.2 Å². The second kappa shape index (κ2) is 8.21. The minimum Gasteiger partial charge on any atom is -0.301 e. The number of aromatic nitrogens is 1. The number of rotatable bonds is 6. The van der Waals surface area contributed by atoms with Crippen LogP contribution >= 0.6 is 11.3 Å². The lowest BCUT2D eigenvalue weighted by Gasteiger charge is -2.24. The highest BCUT2D eigenvalue weighted by Crippen LogP contribution is 2.25. The smallest absolute Gasteiger partial charge is 0.240 e. The van der Waals surface area contributed by atoms with Gasteiger partial charge < -0.3 is 5.32 Å². The van der Waals surface area contributed by atoms with Crippen molar-refractivity contribution in [3.05, 3.63) is 35.2 Å². The molecule has 6 nitrogen and oxygen atoms in total. The molecule has 0 radical (unpaired) electrons. The number of benzene rings is 1. The van der Waals surface area contributed by atoms with Gasteiger partial charge in [0.2, 0.25) is 5.91 Å². The maximum atomic E-state index is 12.4. The lowest BCUT2D eigenvalue weighted by Crippen LogP contribution is -2.41. The number of hydrogen-bond donors (Lipinski definition) is 1. The second-order valence-corrected chi connectivity index (χ2v) is 9.70. The van der Waals surface area contributed by atoms with Crippen LogP contribution in [-0.2, 0) is 14.6 Å². The van der Waals surface area contributed by atoms with Gasteiger partial charge in [-0.15, -0.1) is 17.8 Å². The number of carbonyl (C=O) groups excluding carboxylic acids is 1. The number of carbonyl (C=O) groups is 1. The molecule has 1 unspecified atom stereocenters. The number of nitrogens with one attached hydrogen (secondary N) is 1. The van der Waals surface area contributed by atoms with E-state index in [1.165, 1.54) is 16.9 Å². The van der Waals surface area contributed by atoms with E-state index in [1.54, 1.807) is 4.90 Å². The van der Waals surface area contributed by atoms with E-state index in [4.69, 9.17) is 6.42 Å². The molecule has 8 heteroatoms. The van der Waals surface area contributed by atoms with Crippen LogP contribution < -0.4 is 5.32 Å². The highest BCUT2D eigenvalue weighted by atomic mass is 32.2. The fraction of sp³-hybridized carbons (Fsp3) is 0.368. The summed E-state index contributed by atoms with van der Waals surface area (Å²) in [6.07, 6.45) is 5.89.